The monoisotopic (exact) mass is 539 g/mol. The fourth-order valence-corrected chi connectivity index (χ4v) is 3.91. The second-order valence-corrected chi connectivity index (χ2v) is 11.6. The van der Waals surface area contributed by atoms with Crippen molar-refractivity contribution in [2.45, 2.75) is 110 Å². The van der Waals surface area contributed by atoms with Crippen molar-refractivity contribution in [2.75, 3.05) is 40.9 Å². The maximum Gasteiger partial charge on any atom is 0.472 e. The predicted octanol–water partition coefficient (Wildman–Crippen LogP) is 6.11. The Hall–Kier alpha value is -0.960. The average Bonchev–Trinajstić information content (AvgIpc) is 2.78. The number of nitrogens with one attached hydrogen (secondary N) is 1. The molecule has 216 valence electrons. The Labute approximate surface area is 220 Å². The number of carboxylic acid groups (broad SMARTS) is 1. The van der Waals surface area contributed by atoms with E-state index in [4.69, 9.17) is 14.2 Å². The second kappa shape index (κ2) is 23.2. The van der Waals surface area contributed by atoms with Crippen molar-refractivity contribution >= 4 is 13.9 Å². The van der Waals surface area contributed by atoms with E-state index in [1.165, 1.54) is 76.7 Å². The number of likely N-dealkylation sites (N-methyl/N-ethyl adjacent to an activating group) is 1. The molecule has 9 nitrogen and oxygen atoms in total. The number of amides is 1. The second-order valence-electron chi connectivity index (χ2n) is 10.2. The zero-order chi connectivity index (χ0) is 27.9. The minimum Gasteiger partial charge on any atom is -0.465 e. The van der Waals surface area contributed by atoms with Crippen molar-refractivity contribution in [1.29, 1.82) is 0 Å². The molecule has 36 heavy (non-hydrogen) atoms. The molecule has 3 unspecified atom stereocenters. The fourth-order valence-electron chi connectivity index (χ4n) is 3.17. The lowest BCUT2D eigenvalue weighted by Gasteiger charge is -2.25. The van der Waals surface area contributed by atoms with Gasteiger partial charge >= 0.3 is 13.9 Å². The number of aliphatic hydroxyl groups is 1. The normalized spacial score (nSPS) is 15.1. The van der Waals surface area contributed by atoms with Crippen LogP contribution in [0.3, 0.4) is 0 Å². The van der Waals surface area contributed by atoms with Gasteiger partial charge in [0.1, 0.15) is 13.2 Å². The van der Waals surface area contributed by atoms with Crippen LogP contribution in [0.25, 0.3) is 0 Å². The van der Waals surface area contributed by atoms with Gasteiger partial charge in [-0.2, -0.15) is 0 Å². The molecule has 0 aromatic rings. The van der Waals surface area contributed by atoms with Gasteiger partial charge in [0.2, 0.25) is 0 Å². The van der Waals surface area contributed by atoms with E-state index in [0.29, 0.717) is 17.4 Å². The maximum absolute atomic E-state index is 11.8. The first-order valence-electron chi connectivity index (χ1n) is 13.6. The van der Waals surface area contributed by atoms with Gasteiger partial charge in [0, 0.05) is 0 Å². The molecule has 0 aliphatic carbocycles. The van der Waals surface area contributed by atoms with E-state index < -0.39 is 32.7 Å². The van der Waals surface area contributed by atoms with Crippen LogP contribution in [0, 0.1) is 0 Å². The van der Waals surface area contributed by atoms with Crippen LogP contribution in [0.15, 0.2) is 12.2 Å². The summed E-state index contributed by atoms with van der Waals surface area (Å²) < 4.78 is 21.9. The molecule has 0 saturated heterocycles. The van der Waals surface area contributed by atoms with Crippen molar-refractivity contribution < 1.29 is 38.0 Å². The van der Waals surface area contributed by atoms with Gasteiger partial charge in [0.25, 0.3) is 0 Å². The third-order valence-corrected chi connectivity index (χ3v) is 6.42. The molecule has 3 atom stereocenters. The molecule has 0 aliphatic heterocycles. The Balaban J connectivity index is 0. The van der Waals surface area contributed by atoms with Crippen LogP contribution < -0.4 is 5.32 Å². The number of hydrogen-bond donors (Lipinski definition) is 4. The number of rotatable bonds is 21. The molecule has 0 fully saturated rings. The number of phosphoric ester groups is 1. The van der Waals surface area contributed by atoms with Gasteiger partial charge in [0.05, 0.1) is 39.9 Å². The summed E-state index contributed by atoms with van der Waals surface area (Å²) in [4.78, 5) is 20.3. The van der Waals surface area contributed by atoms with Crippen LogP contribution in [0.5, 0.6) is 0 Å². The number of quaternary nitrogens is 1. The molecular weight excluding hydrogens is 483 g/mol. The average molecular weight is 540 g/mol. The van der Waals surface area contributed by atoms with Gasteiger partial charge in [-0.3, -0.25) is 9.05 Å². The minimum absolute atomic E-state index is 0.00654. The summed E-state index contributed by atoms with van der Waals surface area (Å²) in [6.07, 6.45) is 17.1. The van der Waals surface area contributed by atoms with Crippen molar-refractivity contribution in [3.8, 4) is 0 Å². The van der Waals surface area contributed by atoms with Crippen LogP contribution in [0.4, 0.5) is 4.79 Å². The highest BCUT2D eigenvalue weighted by Crippen LogP contribution is 2.43. The molecule has 0 bridgehead atoms. The van der Waals surface area contributed by atoms with Crippen LogP contribution in [0.1, 0.15) is 97.8 Å². The van der Waals surface area contributed by atoms with Crippen LogP contribution in [-0.4, -0.2) is 78.7 Å². The Morgan fingerprint density at radius 1 is 0.917 bits per heavy atom. The van der Waals surface area contributed by atoms with E-state index in [9.17, 15) is 19.4 Å². The molecule has 0 rings (SSSR count). The Bertz CT molecular complexity index is 587. The predicted molar refractivity (Wildman–Crippen MR) is 147 cm³/mol. The first-order valence-corrected chi connectivity index (χ1v) is 15.1. The molecule has 0 spiro atoms. The lowest BCUT2D eigenvalue weighted by Crippen LogP contribution is -2.45. The number of aliphatic hydroxyl groups excluding tert-OH is 1. The molecule has 0 radical (unpaired) electrons. The van der Waals surface area contributed by atoms with Gasteiger partial charge in [-0.15, -0.1) is 0 Å². The number of carbonyl (C=O) groups is 1. The van der Waals surface area contributed by atoms with E-state index in [1.807, 2.05) is 33.4 Å². The van der Waals surface area contributed by atoms with E-state index >= 15 is 0 Å². The summed E-state index contributed by atoms with van der Waals surface area (Å²) in [7, 11) is 1.38. The van der Waals surface area contributed by atoms with Gasteiger partial charge in [-0.05, 0) is 6.42 Å². The third-order valence-electron chi connectivity index (χ3n) is 5.43. The maximum atomic E-state index is 11.8. The van der Waals surface area contributed by atoms with Crippen LogP contribution in [-0.2, 0) is 13.6 Å². The fraction of sp³-hybridized carbons (Fsp3) is 0.885. The van der Waals surface area contributed by atoms with Crippen LogP contribution >= 0.6 is 7.82 Å². The number of unbranched alkanes of at least 4 members (excludes halogenated alkanes) is 10. The molecule has 0 heterocycles. The van der Waals surface area contributed by atoms with Crippen molar-refractivity contribution in [1.82, 2.24) is 5.32 Å². The SMILES string of the molecule is CC/C=C/C(O)C(COP(=O)(O)OCC[N+](C)(C)C)NC(=O)O.CCCCCCCCCCCCC. The highest BCUT2D eigenvalue weighted by Gasteiger charge is 2.27. The summed E-state index contributed by atoms with van der Waals surface area (Å²) in [5.41, 5.74) is 0. The quantitative estimate of drug-likeness (QED) is 0.0600. The van der Waals surface area contributed by atoms with Gasteiger partial charge in [0.15, 0.2) is 0 Å². The van der Waals surface area contributed by atoms with Gasteiger partial charge in [-0.25, -0.2) is 9.36 Å². The summed E-state index contributed by atoms with van der Waals surface area (Å²) in [5.74, 6) is 0. The molecule has 0 aromatic carbocycles. The van der Waals surface area contributed by atoms with Crippen molar-refractivity contribution in [2.24, 2.45) is 0 Å². The first kappa shape index (κ1) is 37.2. The van der Waals surface area contributed by atoms with Crippen molar-refractivity contribution in [3.63, 3.8) is 0 Å². The Morgan fingerprint density at radius 3 is 1.78 bits per heavy atom. The third kappa shape index (κ3) is 27.6. The summed E-state index contributed by atoms with van der Waals surface area (Å²) in [5, 5.41) is 20.7. The zero-order valence-corrected chi connectivity index (χ0v) is 24.7. The largest absolute Gasteiger partial charge is 0.472 e. The Morgan fingerprint density at radius 2 is 1.39 bits per heavy atom. The molecule has 4 N–H and O–H groups in total. The van der Waals surface area contributed by atoms with Gasteiger partial charge < -0.3 is 24.9 Å². The Kier molecular flexibility index (Phi) is 23.9. The minimum atomic E-state index is -4.32. The highest BCUT2D eigenvalue weighted by molar-refractivity contribution is 7.47. The number of hydrogen-bond acceptors (Lipinski definition) is 5. The lowest BCUT2D eigenvalue weighted by molar-refractivity contribution is -0.870. The molecule has 10 heteroatoms. The summed E-state index contributed by atoms with van der Waals surface area (Å²) in [6.45, 7) is 6.41. The number of phosphoric acid groups is 1. The van der Waals surface area contributed by atoms with E-state index in [0.717, 1.165) is 0 Å². The summed E-state index contributed by atoms with van der Waals surface area (Å²) in [6, 6.07) is -1.09. The number of allylic oxidation sites excluding steroid dienone is 1. The highest BCUT2D eigenvalue weighted by atomic mass is 31.2. The van der Waals surface area contributed by atoms with E-state index in [1.54, 1.807) is 6.08 Å². The topological polar surface area (TPSA) is 125 Å². The lowest BCUT2D eigenvalue weighted by atomic mass is 10.1. The number of nitrogens with zero attached hydrogens (tertiary/aromatic N) is 1. The molecular formula is C26H56N2O7P+. The molecule has 0 aromatic heterocycles. The molecule has 1 amide bonds. The van der Waals surface area contributed by atoms with Crippen molar-refractivity contribution in [3.05, 3.63) is 12.2 Å². The van der Waals surface area contributed by atoms with Gasteiger partial charge in [-0.1, -0.05) is 104 Å². The zero-order valence-electron chi connectivity index (χ0n) is 23.8. The van der Waals surface area contributed by atoms with E-state index in [2.05, 4.69) is 13.8 Å². The smallest absolute Gasteiger partial charge is 0.465 e. The summed E-state index contributed by atoms with van der Waals surface area (Å²) >= 11 is 0. The standard InChI is InChI=1S/C13H27N2O7P.C13H28/c1-5-6-7-12(16)11(14-13(17)18)10-22-23(19,20)21-9-8-15(2,3)4;1-3-5-7-9-11-13-12-10-8-6-4-2/h6-7,11-12,14,16H,5,8-10H2,1-4H3,(H-,17,18,19,20);3-13H2,1-2H3/p+1/b7-6+;. The molecule has 0 saturated carbocycles. The van der Waals surface area contributed by atoms with Crippen LogP contribution in [0.2, 0.25) is 0 Å². The molecule has 0 aliphatic rings. The first-order chi connectivity index (χ1) is 16.9. The van der Waals surface area contributed by atoms with E-state index in [-0.39, 0.29) is 6.61 Å².